The maximum absolute atomic E-state index is 13.5. The number of para-hydroxylation sites is 1. The Bertz CT molecular complexity index is 804. The average Bonchev–Trinajstić information content (AvgIpc) is 2.95. The maximum Gasteiger partial charge on any atom is 0.321 e. The first-order valence-corrected chi connectivity index (χ1v) is 7.78. The molecule has 1 aromatic heterocycles. The number of anilines is 1. The Morgan fingerprint density at radius 3 is 2.74 bits per heavy atom. The second-order valence-electron chi connectivity index (χ2n) is 4.86. The minimum absolute atomic E-state index is 0.0995. The molecule has 0 fully saturated rings. The predicted octanol–water partition coefficient (Wildman–Crippen LogP) is 3.29. The number of aliphatic hydroxyl groups excluding tert-OH is 1. The molecular formula is C16H14FN3O2S. The molecule has 0 radical (unpaired) electrons. The van der Waals surface area contributed by atoms with Crippen molar-refractivity contribution in [3.63, 3.8) is 0 Å². The molecule has 0 aliphatic carbocycles. The maximum atomic E-state index is 13.5. The molecule has 23 heavy (non-hydrogen) atoms. The average molecular weight is 331 g/mol. The molecule has 0 spiro atoms. The zero-order valence-electron chi connectivity index (χ0n) is 12.0. The fourth-order valence-electron chi connectivity index (χ4n) is 2.11. The molecule has 3 aromatic rings. The van der Waals surface area contributed by atoms with Gasteiger partial charge in [-0.3, -0.25) is 5.32 Å². The molecule has 1 heterocycles. The van der Waals surface area contributed by atoms with Gasteiger partial charge in [0.25, 0.3) is 0 Å². The van der Waals surface area contributed by atoms with Gasteiger partial charge in [-0.1, -0.05) is 41.7 Å². The highest BCUT2D eigenvalue weighted by atomic mass is 32.1. The lowest BCUT2D eigenvalue weighted by Gasteiger charge is -2.12. The predicted molar refractivity (Wildman–Crippen MR) is 88.0 cm³/mol. The molecule has 7 heteroatoms. The van der Waals surface area contributed by atoms with Gasteiger partial charge < -0.3 is 10.4 Å². The monoisotopic (exact) mass is 331 g/mol. The Balaban J connectivity index is 1.58. The summed E-state index contributed by atoms with van der Waals surface area (Å²) in [5.74, 6) is -0.506. The number of aliphatic hydroxyl groups is 1. The van der Waals surface area contributed by atoms with Gasteiger partial charge in [-0.05, 0) is 18.2 Å². The highest BCUT2D eigenvalue weighted by molar-refractivity contribution is 7.22. The molecule has 1 atom stereocenters. The summed E-state index contributed by atoms with van der Waals surface area (Å²) < 4.78 is 14.5. The van der Waals surface area contributed by atoms with Crippen LogP contribution < -0.4 is 10.6 Å². The van der Waals surface area contributed by atoms with Gasteiger partial charge in [0.05, 0.1) is 16.3 Å². The van der Waals surface area contributed by atoms with E-state index in [1.165, 1.54) is 23.5 Å². The van der Waals surface area contributed by atoms with Gasteiger partial charge in [0.2, 0.25) is 0 Å². The van der Waals surface area contributed by atoms with Crippen molar-refractivity contribution in [2.75, 3.05) is 11.9 Å². The molecular weight excluding hydrogens is 317 g/mol. The van der Waals surface area contributed by atoms with Crippen LogP contribution in [0.1, 0.15) is 11.7 Å². The van der Waals surface area contributed by atoms with Crippen LogP contribution in [0.5, 0.6) is 0 Å². The number of nitrogens with one attached hydrogen (secondary N) is 2. The van der Waals surface area contributed by atoms with E-state index in [4.69, 9.17) is 0 Å². The molecule has 3 N–H and O–H groups in total. The molecule has 2 aromatic carbocycles. The summed E-state index contributed by atoms with van der Waals surface area (Å²) in [4.78, 5) is 16.1. The van der Waals surface area contributed by atoms with Crippen LogP contribution in [0.25, 0.3) is 10.2 Å². The first kappa shape index (κ1) is 15.4. The van der Waals surface area contributed by atoms with Gasteiger partial charge >= 0.3 is 6.03 Å². The van der Waals surface area contributed by atoms with Crippen LogP contribution in [0.3, 0.4) is 0 Å². The molecule has 5 nitrogen and oxygen atoms in total. The van der Waals surface area contributed by atoms with Crippen LogP contribution in [0, 0.1) is 5.82 Å². The Kier molecular flexibility index (Phi) is 4.50. The molecule has 2 amide bonds. The minimum atomic E-state index is -1.11. The molecule has 118 valence electrons. The van der Waals surface area contributed by atoms with Gasteiger partial charge in [0.15, 0.2) is 5.13 Å². The zero-order valence-corrected chi connectivity index (χ0v) is 12.8. The smallest absolute Gasteiger partial charge is 0.321 e. The van der Waals surface area contributed by atoms with E-state index in [0.717, 1.165) is 10.2 Å². The van der Waals surface area contributed by atoms with Crippen molar-refractivity contribution >= 4 is 32.7 Å². The SMILES string of the molecule is O=C(NC[C@@H](O)c1ccccc1F)Nc1nc2ccccc2s1. The van der Waals surface area contributed by atoms with Crippen LogP contribution in [0.4, 0.5) is 14.3 Å². The lowest BCUT2D eigenvalue weighted by Crippen LogP contribution is -2.32. The number of hydrogen-bond donors (Lipinski definition) is 3. The highest BCUT2D eigenvalue weighted by Gasteiger charge is 2.14. The number of halogens is 1. The fraction of sp³-hybridized carbons (Fsp3) is 0.125. The molecule has 0 unspecified atom stereocenters. The van der Waals surface area contributed by atoms with Crippen LogP contribution >= 0.6 is 11.3 Å². The number of rotatable bonds is 4. The number of fused-ring (bicyclic) bond motifs is 1. The van der Waals surface area contributed by atoms with E-state index in [9.17, 15) is 14.3 Å². The third kappa shape index (κ3) is 3.64. The second kappa shape index (κ2) is 6.72. The molecule has 0 aliphatic heterocycles. The molecule has 0 bridgehead atoms. The van der Waals surface area contributed by atoms with E-state index in [1.807, 2.05) is 24.3 Å². The van der Waals surface area contributed by atoms with Crippen LogP contribution in [0.2, 0.25) is 0 Å². The van der Waals surface area contributed by atoms with Crippen molar-refractivity contribution in [2.24, 2.45) is 0 Å². The molecule has 0 aliphatic rings. The van der Waals surface area contributed by atoms with E-state index in [-0.39, 0.29) is 12.1 Å². The van der Waals surface area contributed by atoms with Crippen molar-refractivity contribution in [1.82, 2.24) is 10.3 Å². The van der Waals surface area contributed by atoms with E-state index in [0.29, 0.717) is 5.13 Å². The van der Waals surface area contributed by atoms with Crippen molar-refractivity contribution in [1.29, 1.82) is 0 Å². The molecule has 0 saturated carbocycles. The second-order valence-corrected chi connectivity index (χ2v) is 5.89. The molecule has 3 rings (SSSR count). The van der Waals surface area contributed by atoms with Crippen LogP contribution in [0.15, 0.2) is 48.5 Å². The number of nitrogens with zero attached hydrogens (tertiary/aromatic N) is 1. The van der Waals surface area contributed by atoms with E-state index in [2.05, 4.69) is 15.6 Å². The highest BCUT2D eigenvalue weighted by Crippen LogP contribution is 2.25. The Morgan fingerprint density at radius 1 is 1.22 bits per heavy atom. The first-order valence-electron chi connectivity index (χ1n) is 6.96. The van der Waals surface area contributed by atoms with Crippen LogP contribution in [-0.4, -0.2) is 22.7 Å². The Labute approximate surface area is 135 Å². The van der Waals surface area contributed by atoms with Crippen molar-refractivity contribution < 1.29 is 14.3 Å². The fourth-order valence-corrected chi connectivity index (χ4v) is 2.97. The summed E-state index contributed by atoms with van der Waals surface area (Å²) in [5.41, 5.74) is 0.951. The third-order valence-corrected chi connectivity index (χ3v) is 4.19. The van der Waals surface area contributed by atoms with Gasteiger partial charge in [-0.2, -0.15) is 0 Å². The van der Waals surface area contributed by atoms with Crippen molar-refractivity contribution in [3.8, 4) is 0 Å². The molecule has 0 saturated heterocycles. The number of carbonyl (C=O) groups excluding carboxylic acids is 1. The number of urea groups is 1. The minimum Gasteiger partial charge on any atom is -0.386 e. The van der Waals surface area contributed by atoms with Gasteiger partial charge in [0, 0.05) is 12.1 Å². The first-order chi connectivity index (χ1) is 11.1. The summed E-state index contributed by atoms with van der Waals surface area (Å²) >= 11 is 1.35. The van der Waals surface area contributed by atoms with E-state index >= 15 is 0 Å². The standard InChI is InChI=1S/C16H14FN3O2S/c17-11-6-2-1-5-10(11)13(21)9-18-15(22)20-16-19-12-7-3-4-8-14(12)23-16/h1-8,13,21H,9H2,(H2,18,19,20,22)/t13-/m1/s1. The largest absolute Gasteiger partial charge is 0.386 e. The topological polar surface area (TPSA) is 74.2 Å². The van der Waals surface area contributed by atoms with Crippen LogP contribution in [-0.2, 0) is 0 Å². The quantitative estimate of drug-likeness (QED) is 0.687. The number of amides is 2. The number of hydrogen-bond acceptors (Lipinski definition) is 4. The van der Waals surface area contributed by atoms with E-state index in [1.54, 1.807) is 12.1 Å². The lowest BCUT2D eigenvalue weighted by atomic mass is 10.1. The summed E-state index contributed by atoms with van der Waals surface area (Å²) in [6.45, 7) is -0.0995. The number of carbonyl (C=O) groups is 1. The summed E-state index contributed by atoms with van der Waals surface area (Å²) in [5, 5.41) is 15.5. The van der Waals surface area contributed by atoms with Crippen molar-refractivity contribution in [3.05, 3.63) is 59.9 Å². The summed E-state index contributed by atoms with van der Waals surface area (Å²) in [6.07, 6.45) is -1.11. The number of aromatic nitrogens is 1. The third-order valence-electron chi connectivity index (χ3n) is 3.23. The number of thiazole rings is 1. The Morgan fingerprint density at radius 2 is 1.96 bits per heavy atom. The van der Waals surface area contributed by atoms with Gasteiger partial charge in [-0.25, -0.2) is 14.2 Å². The Hall–Kier alpha value is -2.51. The lowest BCUT2D eigenvalue weighted by molar-refractivity contribution is 0.170. The normalized spacial score (nSPS) is 12.1. The van der Waals surface area contributed by atoms with Gasteiger partial charge in [-0.15, -0.1) is 0 Å². The number of benzene rings is 2. The van der Waals surface area contributed by atoms with E-state index < -0.39 is 18.0 Å². The zero-order chi connectivity index (χ0) is 16.2. The van der Waals surface area contributed by atoms with Crippen molar-refractivity contribution in [2.45, 2.75) is 6.10 Å². The summed E-state index contributed by atoms with van der Waals surface area (Å²) in [7, 11) is 0. The van der Waals surface area contributed by atoms with Gasteiger partial charge in [0.1, 0.15) is 5.82 Å². The summed E-state index contributed by atoms with van der Waals surface area (Å²) in [6, 6.07) is 13.0.